The number of rotatable bonds is 4. The number of benzene rings is 1. The quantitative estimate of drug-likeness (QED) is 0.793. The number of fused-ring (bicyclic) bond motifs is 1. The SMILES string of the molecule is O=C(CNC(=O)c1cc2ccccc2[nH]1)N[C@@H]1CCCOC1. The van der Waals surface area contributed by atoms with Crippen molar-refractivity contribution in [3.05, 3.63) is 36.0 Å². The van der Waals surface area contributed by atoms with E-state index in [1.165, 1.54) is 0 Å². The summed E-state index contributed by atoms with van der Waals surface area (Å²) in [7, 11) is 0. The summed E-state index contributed by atoms with van der Waals surface area (Å²) in [5.41, 5.74) is 1.35. The Morgan fingerprint density at radius 1 is 1.32 bits per heavy atom. The first kappa shape index (κ1) is 14.6. The zero-order valence-corrected chi connectivity index (χ0v) is 12.2. The molecule has 6 nitrogen and oxygen atoms in total. The molecule has 1 saturated heterocycles. The van der Waals surface area contributed by atoms with E-state index in [-0.39, 0.29) is 24.4 Å². The number of nitrogens with one attached hydrogen (secondary N) is 3. The van der Waals surface area contributed by atoms with Crippen LogP contribution in [0.5, 0.6) is 0 Å². The highest BCUT2D eigenvalue weighted by Crippen LogP contribution is 2.14. The number of para-hydroxylation sites is 1. The highest BCUT2D eigenvalue weighted by molar-refractivity contribution is 5.99. The summed E-state index contributed by atoms with van der Waals surface area (Å²) < 4.78 is 5.30. The van der Waals surface area contributed by atoms with E-state index in [4.69, 9.17) is 4.74 Å². The van der Waals surface area contributed by atoms with Gasteiger partial charge in [0.25, 0.3) is 5.91 Å². The van der Waals surface area contributed by atoms with Crippen molar-refractivity contribution < 1.29 is 14.3 Å². The lowest BCUT2D eigenvalue weighted by atomic mass is 10.1. The number of carbonyl (C=O) groups excluding carboxylic acids is 2. The van der Waals surface area contributed by atoms with Crippen molar-refractivity contribution in [2.45, 2.75) is 18.9 Å². The van der Waals surface area contributed by atoms with Gasteiger partial charge in [-0.25, -0.2) is 0 Å². The normalized spacial score (nSPS) is 18.1. The van der Waals surface area contributed by atoms with Gasteiger partial charge >= 0.3 is 0 Å². The van der Waals surface area contributed by atoms with Gasteiger partial charge in [-0.3, -0.25) is 9.59 Å². The van der Waals surface area contributed by atoms with Crippen LogP contribution in [0.2, 0.25) is 0 Å². The molecule has 3 rings (SSSR count). The molecule has 1 fully saturated rings. The van der Waals surface area contributed by atoms with Gasteiger partial charge in [0, 0.05) is 17.5 Å². The molecule has 0 spiro atoms. The number of aromatic nitrogens is 1. The maximum Gasteiger partial charge on any atom is 0.268 e. The molecule has 1 aromatic heterocycles. The van der Waals surface area contributed by atoms with E-state index in [0.717, 1.165) is 30.4 Å². The Hall–Kier alpha value is -2.34. The average Bonchev–Trinajstić information content (AvgIpc) is 2.98. The molecule has 22 heavy (non-hydrogen) atoms. The molecule has 0 saturated carbocycles. The van der Waals surface area contributed by atoms with Gasteiger partial charge in [0.15, 0.2) is 0 Å². The second-order valence-electron chi connectivity index (χ2n) is 5.43. The Bertz CT molecular complexity index is 641. The molecule has 2 amide bonds. The first-order valence-electron chi connectivity index (χ1n) is 7.45. The maximum absolute atomic E-state index is 12.1. The van der Waals surface area contributed by atoms with E-state index in [9.17, 15) is 9.59 Å². The van der Waals surface area contributed by atoms with Crippen LogP contribution in [0, 0.1) is 0 Å². The van der Waals surface area contributed by atoms with Gasteiger partial charge in [-0.05, 0) is 25.0 Å². The predicted octanol–water partition coefficient (Wildman–Crippen LogP) is 1.19. The highest BCUT2D eigenvalue weighted by atomic mass is 16.5. The third kappa shape index (κ3) is 3.46. The van der Waals surface area contributed by atoms with Gasteiger partial charge in [0.2, 0.25) is 5.91 Å². The minimum Gasteiger partial charge on any atom is -0.379 e. The first-order valence-corrected chi connectivity index (χ1v) is 7.45. The fourth-order valence-corrected chi connectivity index (χ4v) is 2.58. The molecular formula is C16H19N3O3. The third-order valence-corrected chi connectivity index (χ3v) is 3.71. The highest BCUT2D eigenvalue weighted by Gasteiger charge is 2.17. The van der Waals surface area contributed by atoms with Gasteiger partial charge in [0.1, 0.15) is 5.69 Å². The molecule has 2 heterocycles. The van der Waals surface area contributed by atoms with Crippen LogP contribution in [0.15, 0.2) is 30.3 Å². The Morgan fingerprint density at radius 3 is 2.95 bits per heavy atom. The molecule has 0 radical (unpaired) electrons. The summed E-state index contributed by atoms with van der Waals surface area (Å²) in [6.45, 7) is 1.26. The number of hydrogen-bond donors (Lipinski definition) is 3. The van der Waals surface area contributed by atoms with Crippen LogP contribution in [0.4, 0.5) is 0 Å². The summed E-state index contributed by atoms with van der Waals surface area (Å²) in [6.07, 6.45) is 1.87. The summed E-state index contributed by atoms with van der Waals surface area (Å²) in [5.74, 6) is -0.480. The van der Waals surface area contributed by atoms with E-state index in [1.807, 2.05) is 24.3 Å². The average molecular weight is 301 g/mol. The minimum atomic E-state index is -0.286. The molecule has 1 aromatic carbocycles. The minimum absolute atomic E-state index is 0.0370. The topological polar surface area (TPSA) is 83.2 Å². The van der Waals surface area contributed by atoms with Gasteiger partial charge in [-0.15, -0.1) is 0 Å². The van der Waals surface area contributed by atoms with Crippen molar-refractivity contribution >= 4 is 22.7 Å². The maximum atomic E-state index is 12.1. The lowest BCUT2D eigenvalue weighted by molar-refractivity contribution is -0.121. The van der Waals surface area contributed by atoms with Crippen LogP contribution in [0.1, 0.15) is 23.3 Å². The van der Waals surface area contributed by atoms with Crippen molar-refractivity contribution in [1.29, 1.82) is 0 Å². The fraction of sp³-hybridized carbons (Fsp3) is 0.375. The summed E-state index contributed by atoms with van der Waals surface area (Å²) in [6, 6.07) is 9.47. The number of hydrogen-bond acceptors (Lipinski definition) is 3. The fourth-order valence-electron chi connectivity index (χ4n) is 2.58. The number of carbonyl (C=O) groups is 2. The lowest BCUT2D eigenvalue weighted by Crippen LogP contribution is -2.45. The second kappa shape index (κ2) is 6.62. The molecule has 0 bridgehead atoms. The van der Waals surface area contributed by atoms with Crippen molar-refractivity contribution in [2.24, 2.45) is 0 Å². The smallest absolute Gasteiger partial charge is 0.268 e. The Morgan fingerprint density at radius 2 is 2.18 bits per heavy atom. The summed E-state index contributed by atoms with van der Waals surface area (Å²) in [5, 5.41) is 6.46. The third-order valence-electron chi connectivity index (χ3n) is 3.71. The largest absolute Gasteiger partial charge is 0.379 e. The Balaban J connectivity index is 1.52. The summed E-state index contributed by atoms with van der Waals surface area (Å²) in [4.78, 5) is 26.9. The molecule has 0 unspecified atom stereocenters. The predicted molar refractivity (Wildman–Crippen MR) is 82.6 cm³/mol. The van der Waals surface area contributed by atoms with E-state index in [2.05, 4.69) is 15.6 Å². The molecule has 1 aliphatic heterocycles. The Labute approximate surface area is 128 Å². The molecule has 1 atom stereocenters. The van der Waals surface area contributed by atoms with Crippen LogP contribution in [-0.2, 0) is 9.53 Å². The zero-order chi connectivity index (χ0) is 15.4. The first-order chi connectivity index (χ1) is 10.7. The van der Waals surface area contributed by atoms with E-state index in [1.54, 1.807) is 6.07 Å². The van der Waals surface area contributed by atoms with Gasteiger partial charge in [-0.2, -0.15) is 0 Å². The van der Waals surface area contributed by atoms with Gasteiger partial charge < -0.3 is 20.4 Å². The standard InChI is InChI=1S/C16H19N3O3/c20-15(18-12-5-3-7-22-10-12)9-17-16(21)14-8-11-4-1-2-6-13(11)19-14/h1-2,4,6,8,12,19H,3,5,7,9-10H2,(H,17,21)(H,18,20)/t12-/m1/s1. The van der Waals surface area contributed by atoms with E-state index >= 15 is 0 Å². The van der Waals surface area contributed by atoms with Crippen molar-refractivity contribution in [2.75, 3.05) is 19.8 Å². The number of ether oxygens (including phenoxy) is 1. The van der Waals surface area contributed by atoms with E-state index in [0.29, 0.717) is 12.3 Å². The molecular weight excluding hydrogens is 282 g/mol. The van der Waals surface area contributed by atoms with E-state index < -0.39 is 0 Å². The van der Waals surface area contributed by atoms with Crippen LogP contribution < -0.4 is 10.6 Å². The van der Waals surface area contributed by atoms with Crippen LogP contribution in [0.25, 0.3) is 10.9 Å². The van der Waals surface area contributed by atoms with Crippen LogP contribution in [-0.4, -0.2) is 42.6 Å². The number of aromatic amines is 1. The van der Waals surface area contributed by atoms with Crippen molar-refractivity contribution in [3.63, 3.8) is 0 Å². The molecule has 6 heteroatoms. The lowest BCUT2D eigenvalue weighted by Gasteiger charge is -2.23. The molecule has 2 aromatic rings. The zero-order valence-electron chi connectivity index (χ0n) is 12.2. The molecule has 3 N–H and O–H groups in total. The second-order valence-corrected chi connectivity index (χ2v) is 5.43. The summed E-state index contributed by atoms with van der Waals surface area (Å²) >= 11 is 0. The van der Waals surface area contributed by atoms with Gasteiger partial charge in [0.05, 0.1) is 19.2 Å². The van der Waals surface area contributed by atoms with Crippen molar-refractivity contribution in [1.82, 2.24) is 15.6 Å². The monoisotopic (exact) mass is 301 g/mol. The van der Waals surface area contributed by atoms with Crippen LogP contribution in [0.3, 0.4) is 0 Å². The number of H-pyrrole nitrogens is 1. The molecule has 116 valence electrons. The van der Waals surface area contributed by atoms with Crippen molar-refractivity contribution in [3.8, 4) is 0 Å². The van der Waals surface area contributed by atoms with Gasteiger partial charge in [-0.1, -0.05) is 18.2 Å². The Kier molecular flexibility index (Phi) is 4.39. The van der Waals surface area contributed by atoms with Crippen LogP contribution >= 0.6 is 0 Å². The molecule has 1 aliphatic rings. The number of amides is 2. The molecule has 0 aliphatic carbocycles.